The fourth-order valence-corrected chi connectivity index (χ4v) is 2.17. The number of hydrogen-bond donors (Lipinski definition) is 2. The molecular weight excluding hydrogens is 228 g/mol. The largest absolute Gasteiger partial charge is 0.396 e. The molecule has 0 aliphatic carbocycles. The first-order chi connectivity index (χ1) is 8.45. The SMILES string of the molecule is CC(C)(C)n1c(C(N)CCO)nc2cnccc21. The first-order valence-corrected chi connectivity index (χ1v) is 6.14. The fourth-order valence-electron chi connectivity index (χ4n) is 2.17. The van der Waals surface area contributed by atoms with E-state index in [1.807, 2.05) is 6.07 Å². The number of aromatic nitrogens is 3. The van der Waals surface area contributed by atoms with Crippen LogP contribution in [0.1, 0.15) is 39.1 Å². The summed E-state index contributed by atoms with van der Waals surface area (Å²) in [5.74, 6) is 0.805. The maximum atomic E-state index is 9.04. The van der Waals surface area contributed by atoms with E-state index < -0.39 is 0 Å². The van der Waals surface area contributed by atoms with Crippen LogP contribution in [0.4, 0.5) is 0 Å². The number of hydrogen-bond acceptors (Lipinski definition) is 4. The van der Waals surface area contributed by atoms with E-state index in [0.29, 0.717) is 6.42 Å². The number of nitrogens with two attached hydrogens (primary N) is 1. The molecule has 18 heavy (non-hydrogen) atoms. The molecule has 0 fully saturated rings. The van der Waals surface area contributed by atoms with Gasteiger partial charge >= 0.3 is 0 Å². The van der Waals surface area contributed by atoms with Crippen molar-refractivity contribution in [2.24, 2.45) is 5.73 Å². The molecule has 2 heterocycles. The van der Waals surface area contributed by atoms with Gasteiger partial charge in [-0.25, -0.2) is 4.98 Å². The van der Waals surface area contributed by atoms with E-state index in [0.717, 1.165) is 16.9 Å². The molecule has 0 bridgehead atoms. The first-order valence-electron chi connectivity index (χ1n) is 6.14. The van der Waals surface area contributed by atoms with Crippen LogP contribution in [0.5, 0.6) is 0 Å². The zero-order valence-corrected chi connectivity index (χ0v) is 11.1. The van der Waals surface area contributed by atoms with Gasteiger partial charge in [-0.05, 0) is 33.3 Å². The Kier molecular flexibility index (Phi) is 3.36. The minimum Gasteiger partial charge on any atom is -0.396 e. The number of pyridine rings is 1. The highest BCUT2D eigenvalue weighted by Gasteiger charge is 2.24. The van der Waals surface area contributed by atoms with E-state index in [-0.39, 0.29) is 18.2 Å². The van der Waals surface area contributed by atoms with Crippen LogP contribution >= 0.6 is 0 Å². The molecule has 5 nitrogen and oxygen atoms in total. The lowest BCUT2D eigenvalue weighted by atomic mass is 10.1. The molecular formula is C13H20N4O. The Hall–Kier alpha value is -1.46. The minimum absolute atomic E-state index is 0.0623. The highest BCUT2D eigenvalue weighted by Crippen LogP contribution is 2.27. The second kappa shape index (κ2) is 4.66. The Balaban J connectivity index is 2.64. The van der Waals surface area contributed by atoms with Gasteiger partial charge in [0.15, 0.2) is 0 Å². The molecule has 0 saturated carbocycles. The monoisotopic (exact) mass is 248 g/mol. The van der Waals surface area contributed by atoms with Gasteiger partial charge in [0.2, 0.25) is 0 Å². The Morgan fingerprint density at radius 3 is 2.78 bits per heavy atom. The lowest BCUT2D eigenvalue weighted by Crippen LogP contribution is -2.28. The third-order valence-corrected chi connectivity index (χ3v) is 2.93. The molecule has 0 aromatic carbocycles. The highest BCUT2D eigenvalue weighted by molar-refractivity contribution is 5.75. The smallest absolute Gasteiger partial charge is 0.127 e. The van der Waals surface area contributed by atoms with Crippen LogP contribution in [0.25, 0.3) is 11.0 Å². The van der Waals surface area contributed by atoms with Gasteiger partial charge in [0, 0.05) is 18.3 Å². The number of nitrogens with zero attached hydrogens (tertiary/aromatic N) is 3. The van der Waals surface area contributed by atoms with Crippen molar-refractivity contribution in [1.82, 2.24) is 14.5 Å². The maximum Gasteiger partial charge on any atom is 0.127 e. The van der Waals surface area contributed by atoms with Crippen molar-refractivity contribution in [3.8, 4) is 0 Å². The van der Waals surface area contributed by atoms with Crippen LogP contribution in [0.2, 0.25) is 0 Å². The predicted molar refractivity (Wildman–Crippen MR) is 71.2 cm³/mol. The lowest BCUT2D eigenvalue weighted by molar-refractivity contribution is 0.269. The number of imidazole rings is 1. The molecule has 0 aliphatic rings. The summed E-state index contributed by atoms with van der Waals surface area (Å²) >= 11 is 0. The summed E-state index contributed by atoms with van der Waals surface area (Å²) in [7, 11) is 0. The average Bonchev–Trinajstić information content (AvgIpc) is 2.68. The maximum absolute atomic E-state index is 9.04. The van der Waals surface area contributed by atoms with E-state index in [4.69, 9.17) is 10.8 Å². The van der Waals surface area contributed by atoms with Gasteiger partial charge in [0.05, 0.1) is 17.8 Å². The van der Waals surface area contributed by atoms with E-state index >= 15 is 0 Å². The Morgan fingerprint density at radius 1 is 1.44 bits per heavy atom. The van der Waals surface area contributed by atoms with Crippen LogP contribution in [0.3, 0.4) is 0 Å². The predicted octanol–water partition coefficient (Wildman–Crippen LogP) is 1.57. The van der Waals surface area contributed by atoms with Crippen molar-refractivity contribution < 1.29 is 5.11 Å². The summed E-state index contributed by atoms with van der Waals surface area (Å²) in [5.41, 5.74) is 7.86. The standard InChI is InChI=1S/C13H20N4O/c1-13(2,3)17-11-4-6-15-8-10(11)16-12(17)9(14)5-7-18/h4,6,8-9,18H,5,7,14H2,1-3H3. The number of aliphatic hydroxyl groups excluding tert-OH is 1. The molecule has 1 unspecified atom stereocenters. The summed E-state index contributed by atoms with van der Waals surface area (Å²) < 4.78 is 2.13. The van der Waals surface area contributed by atoms with Crippen molar-refractivity contribution >= 4 is 11.0 Å². The molecule has 0 saturated heterocycles. The zero-order chi connectivity index (χ0) is 13.3. The van der Waals surface area contributed by atoms with Crippen LogP contribution in [0.15, 0.2) is 18.5 Å². The molecule has 0 radical (unpaired) electrons. The number of rotatable bonds is 3. The molecule has 1 atom stereocenters. The van der Waals surface area contributed by atoms with E-state index in [1.165, 1.54) is 0 Å². The van der Waals surface area contributed by atoms with E-state index in [2.05, 4.69) is 35.3 Å². The summed E-state index contributed by atoms with van der Waals surface area (Å²) in [5, 5.41) is 9.04. The van der Waals surface area contributed by atoms with Crippen LogP contribution < -0.4 is 5.73 Å². The van der Waals surface area contributed by atoms with Crippen molar-refractivity contribution in [2.75, 3.05) is 6.61 Å². The summed E-state index contributed by atoms with van der Waals surface area (Å²) in [4.78, 5) is 8.65. The van der Waals surface area contributed by atoms with Gasteiger partial charge < -0.3 is 15.4 Å². The Bertz CT molecular complexity index is 541. The van der Waals surface area contributed by atoms with Gasteiger partial charge in [-0.3, -0.25) is 4.98 Å². The Morgan fingerprint density at radius 2 is 2.17 bits per heavy atom. The minimum atomic E-state index is -0.262. The van der Waals surface area contributed by atoms with E-state index in [1.54, 1.807) is 12.4 Å². The topological polar surface area (TPSA) is 77.0 Å². The third kappa shape index (κ3) is 2.23. The van der Waals surface area contributed by atoms with Crippen molar-refractivity contribution in [2.45, 2.75) is 38.8 Å². The number of aliphatic hydroxyl groups is 1. The van der Waals surface area contributed by atoms with Crippen LogP contribution in [-0.4, -0.2) is 26.2 Å². The first kappa shape index (κ1) is 13.0. The van der Waals surface area contributed by atoms with Crippen LogP contribution in [0, 0.1) is 0 Å². The fraction of sp³-hybridized carbons (Fsp3) is 0.538. The van der Waals surface area contributed by atoms with Crippen LogP contribution in [-0.2, 0) is 5.54 Å². The molecule has 3 N–H and O–H groups in total. The van der Waals surface area contributed by atoms with Crippen molar-refractivity contribution in [3.05, 3.63) is 24.3 Å². The van der Waals surface area contributed by atoms with Crippen molar-refractivity contribution in [1.29, 1.82) is 0 Å². The second-order valence-electron chi connectivity index (χ2n) is 5.46. The molecule has 0 spiro atoms. The van der Waals surface area contributed by atoms with Gasteiger partial charge in [-0.1, -0.05) is 0 Å². The van der Waals surface area contributed by atoms with Gasteiger partial charge in [-0.2, -0.15) is 0 Å². The Labute approximate surface area is 107 Å². The normalized spacial score (nSPS) is 14.1. The number of fused-ring (bicyclic) bond motifs is 1. The van der Waals surface area contributed by atoms with Crippen molar-refractivity contribution in [3.63, 3.8) is 0 Å². The van der Waals surface area contributed by atoms with E-state index in [9.17, 15) is 0 Å². The lowest BCUT2D eigenvalue weighted by Gasteiger charge is -2.26. The summed E-state index contributed by atoms with van der Waals surface area (Å²) in [6, 6.07) is 1.68. The second-order valence-corrected chi connectivity index (χ2v) is 5.46. The van der Waals surface area contributed by atoms with Gasteiger partial charge in [-0.15, -0.1) is 0 Å². The summed E-state index contributed by atoms with van der Waals surface area (Å²) in [6.45, 7) is 6.41. The molecule has 5 heteroatoms. The quantitative estimate of drug-likeness (QED) is 0.864. The third-order valence-electron chi connectivity index (χ3n) is 2.93. The van der Waals surface area contributed by atoms with Gasteiger partial charge in [0.1, 0.15) is 11.3 Å². The molecule has 2 rings (SSSR count). The molecule has 0 aliphatic heterocycles. The highest BCUT2D eigenvalue weighted by atomic mass is 16.3. The molecule has 98 valence electrons. The molecule has 0 amide bonds. The summed E-state index contributed by atoms with van der Waals surface area (Å²) in [6.07, 6.45) is 4.01. The molecule has 2 aromatic heterocycles. The average molecular weight is 248 g/mol. The zero-order valence-electron chi connectivity index (χ0n) is 11.1. The van der Waals surface area contributed by atoms with Gasteiger partial charge in [0.25, 0.3) is 0 Å². The molecule has 2 aromatic rings.